The summed E-state index contributed by atoms with van der Waals surface area (Å²) in [4.78, 5) is 28.5. The van der Waals surface area contributed by atoms with Crippen LogP contribution in [0.5, 0.6) is 11.5 Å². The summed E-state index contributed by atoms with van der Waals surface area (Å²) >= 11 is 0. The summed E-state index contributed by atoms with van der Waals surface area (Å²) in [5, 5.41) is 0. The third-order valence-corrected chi connectivity index (χ3v) is 8.82. The highest BCUT2D eigenvalue weighted by atomic mass is 16.5. The van der Waals surface area contributed by atoms with Crippen LogP contribution in [0.2, 0.25) is 0 Å². The highest BCUT2D eigenvalue weighted by Crippen LogP contribution is 2.45. The van der Waals surface area contributed by atoms with Crippen molar-refractivity contribution in [1.82, 2.24) is 29.9 Å². The van der Waals surface area contributed by atoms with Gasteiger partial charge in [0.2, 0.25) is 0 Å². The van der Waals surface area contributed by atoms with E-state index in [1.807, 2.05) is 97.1 Å². The monoisotopic (exact) mass is 644 g/mol. The van der Waals surface area contributed by atoms with Crippen molar-refractivity contribution >= 4 is 0 Å². The Balaban J connectivity index is 1.19. The Hall–Kier alpha value is -6.86. The second-order valence-corrected chi connectivity index (χ2v) is 12.0. The zero-order valence-electron chi connectivity index (χ0n) is 26.8. The highest BCUT2D eigenvalue weighted by molar-refractivity contribution is 5.82. The van der Waals surface area contributed by atoms with Gasteiger partial charge in [0.05, 0.1) is 45.6 Å². The average molecular weight is 645 g/mol. The predicted octanol–water partition coefficient (Wildman–Crippen LogP) is 9.76. The van der Waals surface area contributed by atoms with Crippen LogP contribution in [0.15, 0.2) is 158 Å². The lowest BCUT2D eigenvalue weighted by atomic mass is 9.87. The number of hydrogen-bond donors (Lipinski definition) is 0. The van der Waals surface area contributed by atoms with Gasteiger partial charge in [0.25, 0.3) is 0 Å². The first-order valence-corrected chi connectivity index (χ1v) is 16.4. The molecule has 0 N–H and O–H groups in total. The van der Waals surface area contributed by atoms with Crippen LogP contribution in [0.4, 0.5) is 0 Å². The van der Waals surface area contributed by atoms with Crippen molar-refractivity contribution in [2.75, 3.05) is 0 Å². The number of ether oxygens (including phenoxy) is 1. The summed E-state index contributed by atoms with van der Waals surface area (Å²) in [6.45, 7) is 0. The standard InChI is InChI=1S/C43H28N6O/c1-5-19-44-34(13-1)38-23-28(24-39(48-38)35-14-2-6-20-45-35)30-11-9-17-42-32(30)27-33-31(12-10-18-43(33)50-42)29-25-40(36-15-3-7-21-46-36)49-41(26-29)37-16-4-8-22-47-37/h1-26H,27H2. The fourth-order valence-electron chi connectivity index (χ4n) is 6.48. The summed E-state index contributed by atoms with van der Waals surface area (Å²) in [5.74, 6) is 1.67. The minimum atomic E-state index is 0.664. The maximum atomic E-state index is 6.68. The van der Waals surface area contributed by atoms with Gasteiger partial charge < -0.3 is 4.74 Å². The van der Waals surface area contributed by atoms with Crippen molar-refractivity contribution in [2.45, 2.75) is 6.42 Å². The SMILES string of the molecule is c1ccc(-c2cc(-c3cccc4c3Cc3c(cccc3-c3cc(-c5ccccn5)nc(-c5ccccn5)c3)O4)cc(-c3ccccn3)n2)nc1. The first-order chi connectivity index (χ1) is 24.8. The van der Waals surface area contributed by atoms with Gasteiger partial charge in [0.15, 0.2) is 0 Å². The van der Waals surface area contributed by atoms with Crippen LogP contribution >= 0.6 is 0 Å². The molecule has 0 saturated heterocycles. The molecule has 0 saturated carbocycles. The largest absolute Gasteiger partial charge is 0.457 e. The minimum Gasteiger partial charge on any atom is -0.457 e. The van der Waals surface area contributed by atoms with Crippen molar-refractivity contribution in [2.24, 2.45) is 0 Å². The molecule has 0 radical (unpaired) electrons. The Morgan fingerprint density at radius 3 is 1.04 bits per heavy atom. The molecule has 0 amide bonds. The van der Waals surface area contributed by atoms with Gasteiger partial charge in [0.1, 0.15) is 11.5 Å². The minimum absolute atomic E-state index is 0.664. The van der Waals surface area contributed by atoms with Gasteiger partial charge in [-0.3, -0.25) is 19.9 Å². The Labute approximate surface area is 289 Å². The molecule has 6 aromatic heterocycles. The smallest absolute Gasteiger partial charge is 0.131 e. The number of aromatic nitrogens is 6. The third-order valence-electron chi connectivity index (χ3n) is 8.82. The van der Waals surface area contributed by atoms with Crippen molar-refractivity contribution < 1.29 is 4.74 Å². The number of rotatable bonds is 6. The Morgan fingerprint density at radius 2 is 0.720 bits per heavy atom. The van der Waals surface area contributed by atoms with E-state index >= 15 is 0 Å². The zero-order chi connectivity index (χ0) is 33.3. The summed E-state index contributed by atoms with van der Waals surface area (Å²) in [5.41, 5.74) is 12.7. The van der Waals surface area contributed by atoms with E-state index in [-0.39, 0.29) is 0 Å². The number of benzene rings is 2. The molecule has 0 atom stereocenters. The molecule has 236 valence electrons. The van der Waals surface area contributed by atoms with Crippen LogP contribution in [0.25, 0.3) is 67.8 Å². The third kappa shape index (κ3) is 5.56. The lowest BCUT2D eigenvalue weighted by Gasteiger charge is -2.25. The molecule has 0 fully saturated rings. The molecule has 7 heterocycles. The molecule has 0 unspecified atom stereocenters. The maximum absolute atomic E-state index is 6.68. The van der Waals surface area contributed by atoms with Gasteiger partial charge in [-0.15, -0.1) is 0 Å². The fourth-order valence-corrected chi connectivity index (χ4v) is 6.48. The van der Waals surface area contributed by atoms with Crippen molar-refractivity contribution in [1.29, 1.82) is 0 Å². The maximum Gasteiger partial charge on any atom is 0.131 e. The van der Waals surface area contributed by atoms with E-state index in [0.29, 0.717) is 6.42 Å². The van der Waals surface area contributed by atoms with E-state index in [1.54, 1.807) is 24.8 Å². The second-order valence-electron chi connectivity index (χ2n) is 12.0. The molecule has 0 spiro atoms. The van der Waals surface area contributed by atoms with E-state index in [9.17, 15) is 0 Å². The predicted molar refractivity (Wildman–Crippen MR) is 195 cm³/mol. The van der Waals surface area contributed by atoms with E-state index in [0.717, 1.165) is 90.4 Å². The Kier molecular flexibility index (Phi) is 7.40. The summed E-state index contributed by atoms with van der Waals surface area (Å²) in [6, 6.07) is 44.4. The lowest BCUT2D eigenvalue weighted by molar-refractivity contribution is 0.461. The average Bonchev–Trinajstić information content (AvgIpc) is 3.20. The molecule has 50 heavy (non-hydrogen) atoms. The van der Waals surface area contributed by atoms with E-state index in [1.165, 1.54) is 0 Å². The first-order valence-electron chi connectivity index (χ1n) is 16.4. The molecule has 2 aromatic carbocycles. The molecule has 0 bridgehead atoms. The normalized spacial score (nSPS) is 11.7. The molecule has 7 nitrogen and oxygen atoms in total. The van der Waals surface area contributed by atoms with E-state index in [2.05, 4.69) is 56.3 Å². The fraction of sp³-hybridized carbons (Fsp3) is 0.0233. The van der Waals surface area contributed by atoms with E-state index in [4.69, 9.17) is 14.7 Å². The molecule has 0 aliphatic carbocycles. The lowest BCUT2D eigenvalue weighted by Crippen LogP contribution is -2.07. The molecule has 1 aliphatic heterocycles. The summed E-state index contributed by atoms with van der Waals surface area (Å²) in [6.07, 6.45) is 7.82. The number of pyridine rings is 6. The molecule has 7 heteroatoms. The molecular weight excluding hydrogens is 617 g/mol. The second kappa shape index (κ2) is 12.6. The number of fused-ring (bicyclic) bond motifs is 2. The van der Waals surface area contributed by atoms with Gasteiger partial charge in [0, 0.05) is 42.3 Å². The molecular formula is C43H28N6O. The summed E-state index contributed by atoms with van der Waals surface area (Å²) in [7, 11) is 0. The summed E-state index contributed by atoms with van der Waals surface area (Å²) < 4.78 is 6.68. The Bertz CT molecular complexity index is 2180. The highest BCUT2D eigenvalue weighted by Gasteiger charge is 2.25. The zero-order valence-corrected chi connectivity index (χ0v) is 26.8. The van der Waals surface area contributed by atoms with Crippen LogP contribution in [-0.4, -0.2) is 29.9 Å². The van der Waals surface area contributed by atoms with Gasteiger partial charge in [-0.25, -0.2) is 9.97 Å². The quantitative estimate of drug-likeness (QED) is 0.178. The molecule has 8 aromatic rings. The van der Waals surface area contributed by atoms with Gasteiger partial charge in [-0.05, 0) is 107 Å². The number of hydrogen-bond acceptors (Lipinski definition) is 7. The van der Waals surface area contributed by atoms with Crippen LogP contribution < -0.4 is 4.74 Å². The van der Waals surface area contributed by atoms with Crippen LogP contribution in [0, 0.1) is 0 Å². The molecule has 1 aliphatic rings. The van der Waals surface area contributed by atoms with Crippen LogP contribution in [0.1, 0.15) is 11.1 Å². The van der Waals surface area contributed by atoms with Crippen molar-refractivity contribution in [3.8, 4) is 79.3 Å². The topological polar surface area (TPSA) is 86.6 Å². The molecule has 9 rings (SSSR count). The van der Waals surface area contributed by atoms with Crippen molar-refractivity contribution in [3.63, 3.8) is 0 Å². The van der Waals surface area contributed by atoms with Crippen molar-refractivity contribution in [3.05, 3.63) is 169 Å². The van der Waals surface area contributed by atoms with Crippen LogP contribution in [-0.2, 0) is 6.42 Å². The van der Waals surface area contributed by atoms with Crippen LogP contribution in [0.3, 0.4) is 0 Å². The number of nitrogens with zero attached hydrogens (tertiary/aromatic N) is 6. The first kappa shape index (κ1) is 29.3. The van der Waals surface area contributed by atoms with Gasteiger partial charge >= 0.3 is 0 Å². The van der Waals surface area contributed by atoms with Gasteiger partial charge in [-0.2, -0.15) is 0 Å². The van der Waals surface area contributed by atoms with Gasteiger partial charge in [-0.1, -0.05) is 48.5 Å². The van der Waals surface area contributed by atoms with E-state index < -0.39 is 0 Å². The Morgan fingerprint density at radius 1 is 0.360 bits per heavy atom.